The highest BCUT2D eigenvalue weighted by Gasteiger charge is 2.19. The molecule has 0 aliphatic rings. The minimum atomic E-state index is 0.326. The van der Waals surface area contributed by atoms with Crippen LogP contribution in [0.1, 0.15) is 5.56 Å². The second-order valence-corrected chi connectivity index (χ2v) is 5.73. The second-order valence-electron chi connectivity index (χ2n) is 5.73. The van der Waals surface area contributed by atoms with Gasteiger partial charge in [-0.05, 0) is 30.3 Å². The first-order valence-electron chi connectivity index (χ1n) is 7.66. The van der Waals surface area contributed by atoms with E-state index < -0.39 is 0 Å². The molecule has 0 fully saturated rings. The van der Waals surface area contributed by atoms with Gasteiger partial charge in [0.2, 0.25) is 0 Å². The zero-order valence-electron chi connectivity index (χ0n) is 12.9. The van der Waals surface area contributed by atoms with Crippen LogP contribution in [0.3, 0.4) is 0 Å². The van der Waals surface area contributed by atoms with Crippen molar-refractivity contribution < 1.29 is 0 Å². The fourth-order valence-electron chi connectivity index (χ4n) is 3.10. The number of fused-ring (bicyclic) bond motifs is 3. The van der Waals surface area contributed by atoms with Gasteiger partial charge in [0, 0.05) is 5.39 Å². The predicted octanol–water partition coefficient (Wildman–Crippen LogP) is 2.90. The van der Waals surface area contributed by atoms with E-state index in [1.54, 1.807) is 10.8 Å². The minimum Gasteiger partial charge on any atom is -0.384 e. The molecule has 5 aromatic rings. The Morgan fingerprint density at radius 1 is 1.08 bits per heavy atom. The van der Waals surface area contributed by atoms with Crippen LogP contribution in [0.2, 0.25) is 0 Å². The number of nitrogens with two attached hydrogens (primary N) is 1. The number of nitriles is 1. The summed E-state index contributed by atoms with van der Waals surface area (Å²) in [7, 11) is 0. The molecular formula is C18H11N7. The lowest BCUT2D eigenvalue weighted by Crippen LogP contribution is -2.01. The van der Waals surface area contributed by atoms with Gasteiger partial charge in [0.1, 0.15) is 23.0 Å². The monoisotopic (exact) mass is 325 g/mol. The van der Waals surface area contributed by atoms with Crippen molar-refractivity contribution in [3.05, 3.63) is 54.2 Å². The van der Waals surface area contributed by atoms with Crippen LogP contribution >= 0.6 is 0 Å². The third-order valence-electron chi connectivity index (χ3n) is 4.29. The van der Waals surface area contributed by atoms with Crippen LogP contribution in [0.25, 0.3) is 38.8 Å². The molecule has 25 heavy (non-hydrogen) atoms. The predicted molar refractivity (Wildman–Crippen MR) is 95.2 cm³/mol. The summed E-state index contributed by atoms with van der Waals surface area (Å²) in [6, 6.07) is 15.5. The maximum absolute atomic E-state index is 9.56. The van der Waals surface area contributed by atoms with Gasteiger partial charge in [0.05, 0.1) is 28.4 Å². The molecule has 118 valence electrons. The van der Waals surface area contributed by atoms with E-state index in [-0.39, 0.29) is 0 Å². The number of hydrogen-bond acceptors (Lipinski definition) is 5. The Hall–Kier alpha value is -3.92. The van der Waals surface area contributed by atoms with Gasteiger partial charge in [0.25, 0.3) is 0 Å². The summed E-state index contributed by atoms with van der Waals surface area (Å²) in [5.74, 6) is 0.326. The minimum absolute atomic E-state index is 0.326. The third-order valence-corrected chi connectivity index (χ3v) is 4.29. The average Bonchev–Trinajstić information content (AvgIpc) is 3.20. The summed E-state index contributed by atoms with van der Waals surface area (Å²) in [6.07, 6.45) is 1.75. The summed E-state index contributed by atoms with van der Waals surface area (Å²) in [4.78, 5) is 9.30. The molecule has 7 heteroatoms. The SMILES string of the molecule is N#Cc1c(N)n(-c2ccc3cn[nH]c3c2)c2nc3ccccc3nc12. The molecule has 0 saturated heterocycles. The van der Waals surface area contributed by atoms with Crippen LogP contribution in [0.5, 0.6) is 0 Å². The summed E-state index contributed by atoms with van der Waals surface area (Å²) in [5.41, 5.74) is 10.8. The van der Waals surface area contributed by atoms with Crippen LogP contribution in [-0.2, 0) is 0 Å². The lowest BCUT2D eigenvalue weighted by molar-refractivity contribution is 1.10. The molecule has 7 nitrogen and oxygen atoms in total. The normalized spacial score (nSPS) is 11.3. The fourth-order valence-corrected chi connectivity index (χ4v) is 3.10. The Balaban J connectivity index is 1.92. The Labute approximate surface area is 141 Å². The van der Waals surface area contributed by atoms with E-state index >= 15 is 0 Å². The Morgan fingerprint density at radius 2 is 1.88 bits per heavy atom. The van der Waals surface area contributed by atoms with Gasteiger partial charge in [-0.25, -0.2) is 9.97 Å². The van der Waals surface area contributed by atoms with Crippen molar-refractivity contribution in [1.82, 2.24) is 24.7 Å². The van der Waals surface area contributed by atoms with E-state index in [2.05, 4.69) is 21.3 Å². The standard InChI is InChI=1S/C18H11N7/c19-8-12-16-18(23-14-4-2-1-3-13(14)22-16)25(17(12)20)11-6-5-10-9-21-24-15(10)7-11/h1-7,9H,20H2,(H,21,24). The quantitative estimate of drug-likeness (QED) is 0.492. The molecule has 0 unspecified atom stereocenters. The molecule has 3 aromatic heterocycles. The molecule has 2 aromatic carbocycles. The molecule has 5 rings (SSSR count). The van der Waals surface area contributed by atoms with Gasteiger partial charge in [-0.1, -0.05) is 12.1 Å². The molecule has 3 N–H and O–H groups in total. The van der Waals surface area contributed by atoms with E-state index in [9.17, 15) is 5.26 Å². The largest absolute Gasteiger partial charge is 0.384 e. The molecule has 0 bridgehead atoms. The molecule has 0 amide bonds. The molecule has 0 saturated carbocycles. The number of rotatable bonds is 1. The maximum atomic E-state index is 9.56. The van der Waals surface area contributed by atoms with E-state index in [1.165, 1.54) is 0 Å². The Kier molecular flexibility index (Phi) is 2.59. The van der Waals surface area contributed by atoms with Gasteiger partial charge in [0.15, 0.2) is 5.65 Å². The van der Waals surface area contributed by atoms with Gasteiger partial charge >= 0.3 is 0 Å². The van der Waals surface area contributed by atoms with Crippen molar-refractivity contribution in [3.63, 3.8) is 0 Å². The number of hydrogen-bond donors (Lipinski definition) is 2. The van der Waals surface area contributed by atoms with Gasteiger partial charge in [-0.2, -0.15) is 10.4 Å². The number of nitrogens with zero attached hydrogens (tertiary/aromatic N) is 5. The summed E-state index contributed by atoms with van der Waals surface area (Å²) in [5, 5.41) is 17.5. The van der Waals surface area contributed by atoms with Crippen molar-refractivity contribution in [3.8, 4) is 11.8 Å². The zero-order valence-corrected chi connectivity index (χ0v) is 12.9. The fraction of sp³-hybridized carbons (Fsp3) is 0. The number of nitrogens with one attached hydrogen (secondary N) is 1. The number of aromatic amines is 1. The van der Waals surface area contributed by atoms with Gasteiger partial charge < -0.3 is 5.73 Å². The summed E-state index contributed by atoms with van der Waals surface area (Å²) < 4.78 is 1.76. The van der Waals surface area contributed by atoms with Crippen molar-refractivity contribution in [2.24, 2.45) is 0 Å². The molecule has 3 heterocycles. The third kappa shape index (κ3) is 1.82. The van der Waals surface area contributed by atoms with Crippen molar-refractivity contribution in [2.45, 2.75) is 0 Å². The number of anilines is 1. The van der Waals surface area contributed by atoms with Gasteiger partial charge in [-0.15, -0.1) is 0 Å². The summed E-state index contributed by atoms with van der Waals surface area (Å²) in [6.45, 7) is 0. The van der Waals surface area contributed by atoms with Crippen molar-refractivity contribution in [1.29, 1.82) is 5.26 Å². The average molecular weight is 325 g/mol. The van der Waals surface area contributed by atoms with E-state index in [0.717, 1.165) is 27.6 Å². The molecule has 0 aliphatic carbocycles. The second kappa shape index (κ2) is 4.79. The Morgan fingerprint density at radius 3 is 2.68 bits per heavy atom. The van der Waals surface area contributed by atoms with Crippen LogP contribution in [0.4, 0.5) is 5.82 Å². The van der Waals surface area contributed by atoms with Crippen LogP contribution in [0, 0.1) is 11.3 Å². The number of H-pyrrole nitrogens is 1. The van der Waals surface area contributed by atoms with E-state index in [4.69, 9.17) is 10.7 Å². The number of aromatic nitrogens is 5. The molecule has 0 atom stereocenters. The van der Waals surface area contributed by atoms with Crippen LogP contribution in [-0.4, -0.2) is 24.7 Å². The van der Waals surface area contributed by atoms with E-state index in [0.29, 0.717) is 22.5 Å². The Bertz CT molecular complexity index is 1320. The zero-order chi connectivity index (χ0) is 17.0. The number of para-hydroxylation sites is 2. The van der Waals surface area contributed by atoms with Crippen molar-refractivity contribution in [2.75, 3.05) is 5.73 Å². The van der Waals surface area contributed by atoms with Crippen LogP contribution < -0.4 is 5.73 Å². The lowest BCUT2D eigenvalue weighted by Gasteiger charge is -2.07. The molecule has 0 aliphatic heterocycles. The first-order chi connectivity index (χ1) is 12.3. The highest BCUT2D eigenvalue weighted by molar-refractivity contribution is 5.94. The van der Waals surface area contributed by atoms with E-state index in [1.807, 2.05) is 42.5 Å². The number of benzene rings is 2. The highest BCUT2D eigenvalue weighted by Crippen LogP contribution is 2.31. The van der Waals surface area contributed by atoms with Crippen molar-refractivity contribution >= 4 is 38.9 Å². The summed E-state index contributed by atoms with van der Waals surface area (Å²) >= 11 is 0. The maximum Gasteiger partial charge on any atom is 0.167 e. The molecule has 0 radical (unpaired) electrons. The first-order valence-corrected chi connectivity index (χ1v) is 7.66. The first kappa shape index (κ1) is 13.5. The highest BCUT2D eigenvalue weighted by atomic mass is 15.1. The van der Waals surface area contributed by atoms with Crippen LogP contribution in [0.15, 0.2) is 48.7 Å². The topological polar surface area (TPSA) is 109 Å². The molecule has 0 spiro atoms. The smallest absolute Gasteiger partial charge is 0.167 e. The molecular weight excluding hydrogens is 314 g/mol. The van der Waals surface area contributed by atoms with Gasteiger partial charge in [-0.3, -0.25) is 9.67 Å². The lowest BCUT2D eigenvalue weighted by atomic mass is 10.2. The number of nitrogen functional groups attached to an aromatic ring is 1.